The molecule has 2 heterocycles. The zero-order chi connectivity index (χ0) is 16.8. The molecule has 3 N–H and O–H groups in total. The second-order valence-corrected chi connectivity index (χ2v) is 6.15. The maximum Gasteiger partial charge on any atom is 0.251 e. The van der Waals surface area contributed by atoms with Crippen molar-refractivity contribution in [2.24, 2.45) is 13.0 Å². The highest BCUT2D eigenvalue weighted by Gasteiger charge is 2.15. The van der Waals surface area contributed by atoms with Crippen LogP contribution in [-0.4, -0.2) is 46.9 Å². The maximum absolute atomic E-state index is 12.3. The first-order valence-electron chi connectivity index (χ1n) is 8.38. The van der Waals surface area contributed by atoms with E-state index in [0.717, 1.165) is 25.1 Å². The number of aryl methyl sites for hydroxylation is 1. The third-order valence-electron chi connectivity index (χ3n) is 4.28. The Morgan fingerprint density at radius 2 is 2.19 bits per heavy atom. The molecule has 0 aliphatic carbocycles. The van der Waals surface area contributed by atoms with Gasteiger partial charge in [-0.05, 0) is 49.5 Å². The summed E-state index contributed by atoms with van der Waals surface area (Å²) >= 11 is 0. The predicted molar refractivity (Wildman–Crippen MR) is 107 cm³/mol. The number of nitrogens with zero attached hydrogens (tertiary/aromatic N) is 3. The fraction of sp³-hybridized carbons (Fsp3) is 0.471. The fourth-order valence-electron chi connectivity index (χ4n) is 2.97. The Morgan fingerprint density at radius 1 is 1.35 bits per heavy atom. The Labute approximate surface area is 166 Å². The van der Waals surface area contributed by atoms with Gasteiger partial charge in [0.2, 0.25) is 5.95 Å². The minimum absolute atomic E-state index is 0. The smallest absolute Gasteiger partial charge is 0.251 e. The number of anilines is 1. The largest absolute Gasteiger partial charge is 0.353 e. The first-order chi connectivity index (χ1) is 11.7. The fourth-order valence-corrected chi connectivity index (χ4v) is 2.97. The van der Waals surface area contributed by atoms with Crippen molar-refractivity contribution in [3.8, 4) is 0 Å². The van der Waals surface area contributed by atoms with Gasteiger partial charge in [0.1, 0.15) is 6.33 Å². The number of amides is 1. The normalized spacial score (nSPS) is 15.7. The van der Waals surface area contributed by atoms with Crippen molar-refractivity contribution in [1.82, 2.24) is 25.4 Å². The first kappa shape index (κ1) is 22.2. The van der Waals surface area contributed by atoms with Crippen LogP contribution in [0.5, 0.6) is 0 Å². The molecule has 144 valence electrons. The Hall–Kier alpha value is -1.83. The highest BCUT2D eigenvalue weighted by Crippen LogP contribution is 2.16. The Kier molecular flexibility index (Phi) is 9.40. The topological polar surface area (TPSA) is 83.9 Å². The van der Waals surface area contributed by atoms with Gasteiger partial charge in [-0.2, -0.15) is 10.1 Å². The summed E-state index contributed by atoms with van der Waals surface area (Å²) in [7, 11) is 1.82. The van der Waals surface area contributed by atoms with E-state index in [-0.39, 0.29) is 30.7 Å². The summed E-state index contributed by atoms with van der Waals surface area (Å²) in [6.45, 7) is 3.31. The van der Waals surface area contributed by atoms with Crippen LogP contribution in [0.2, 0.25) is 0 Å². The SMILES string of the molecule is Cl.Cl.Cn1ncnc1NCCNC(=O)c1cccc(CC2CCNC2)c1. The van der Waals surface area contributed by atoms with Crippen LogP contribution in [0.15, 0.2) is 30.6 Å². The highest BCUT2D eigenvalue weighted by molar-refractivity contribution is 5.94. The molecule has 3 rings (SSSR count). The van der Waals surface area contributed by atoms with Gasteiger partial charge in [-0.1, -0.05) is 12.1 Å². The summed E-state index contributed by atoms with van der Waals surface area (Å²) in [4.78, 5) is 16.4. The van der Waals surface area contributed by atoms with E-state index in [1.54, 1.807) is 4.68 Å². The Bertz CT molecular complexity index is 687. The van der Waals surface area contributed by atoms with Crippen molar-refractivity contribution in [1.29, 1.82) is 0 Å². The highest BCUT2D eigenvalue weighted by atomic mass is 35.5. The van der Waals surface area contributed by atoms with Crippen molar-refractivity contribution in [2.75, 3.05) is 31.5 Å². The number of carbonyl (C=O) groups is 1. The van der Waals surface area contributed by atoms with Gasteiger partial charge in [0.25, 0.3) is 5.91 Å². The van der Waals surface area contributed by atoms with Crippen molar-refractivity contribution in [3.63, 3.8) is 0 Å². The summed E-state index contributed by atoms with van der Waals surface area (Å²) in [5, 5.41) is 13.4. The van der Waals surface area contributed by atoms with Crippen molar-refractivity contribution < 1.29 is 4.79 Å². The number of nitrogens with one attached hydrogen (secondary N) is 3. The standard InChI is InChI=1S/C17H24N6O.2ClH/c1-23-17(21-12-22-23)20-8-7-19-16(24)15-4-2-3-13(10-15)9-14-5-6-18-11-14;;/h2-4,10,12,14,18H,5-9,11H2,1H3,(H,19,24)(H,20,21,22);2*1H. The molecule has 1 unspecified atom stereocenters. The van der Waals surface area contributed by atoms with E-state index in [1.807, 2.05) is 25.2 Å². The van der Waals surface area contributed by atoms with E-state index in [0.29, 0.717) is 25.0 Å². The monoisotopic (exact) mass is 400 g/mol. The van der Waals surface area contributed by atoms with Gasteiger partial charge in [0.15, 0.2) is 0 Å². The molecule has 0 saturated carbocycles. The molecule has 26 heavy (non-hydrogen) atoms. The van der Waals surface area contributed by atoms with E-state index in [2.05, 4.69) is 32.1 Å². The summed E-state index contributed by atoms with van der Waals surface area (Å²) in [6.07, 6.45) is 3.73. The second-order valence-electron chi connectivity index (χ2n) is 6.15. The quantitative estimate of drug-likeness (QED) is 0.615. The molecular formula is C17H26Cl2N6O. The number of benzene rings is 1. The Morgan fingerprint density at radius 3 is 2.88 bits per heavy atom. The van der Waals surface area contributed by atoms with Gasteiger partial charge in [-0.15, -0.1) is 24.8 Å². The molecule has 7 nitrogen and oxygen atoms in total. The molecule has 1 aliphatic rings. The van der Waals surface area contributed by atoms with Crippen molar-refractivity contribution in [3.05, 3.63) is 41.7 Å². The molecule has 9 heteroatoms. The van der Waals surface area contributed by atoms with Gasteiger partial charge in [-0.3, -0.25) is 4.79 Å². The summed E-state index contributed by atoms with van der Waals surface area (Å²) in [5.41, 5.74) is 1.95. The third-order valence-corrected chi connectivity index (χ3v) is 4.28. The predicted octanol–water partition coefficient (Wildman–Crippen LogP) is 1.65. The van der Waals surface area contributed by atoms with E-state index in [1.165, 1.54) is 18.3 Å². The lowest BCUT2D eigenvalue weighted by molar-refractivity contribution is 0.0955. The van der Waals surface area contributed by atoms with Gasteiger partial charge in [0, 0.05) is 25.7 Å². The van der Waals surface area contributed by atoms with Gasteiger partial charge in [0.05, 0.1) is 0 Å². The third kappa shape index (κ3) is 6.16. The molecule has 0 radical (unpaired) electrons. The lowest BCUT2D eigenvalue weighted by Gasteiger charge is -2.10. The molecule has 1 aromatic carbocycles. The van der Waals surface area contributed by atoms with Crippen LogP contribution in [0.25, 0.3) is 0 Å². The summed E-state index contributed by atoms with van der Waals surface area (Å²) < 4.78 is 1.66. The average molecular weight is 401 g/mol. The van der Waals surface area contributed by atoms with Crippen LogP contribution in [0.3, 0.4) is 0 Å². The van der Waals surface area contributed by atoms with Crippen LogP contribution >= 0.6 is 24.8 Å². The molecular weight excluding hydrogens is 375 g/mol. The van der Waals surface area contributed by atoms with Crippen LogP contribution in [0, 0.1) is 5.92 Å². The Balaban J connectivity index is 0.00000169. The minimum atomic E-state index is -0.0406. The molecule has 1 aromatic heterocycles. The molecule has 2 aromatic rings. The van der Waals surface area contributed by atoms with E-state index in [4.69, 9.17) is 0 Å². The van der Waals surface area contributed by atoms with E-state index >= 15 is 0 Å². The van der Waals surface area contributed by atoms with E-state index < -0.39 is 0 Å². The number of rotatable bonds is 7. The number of hydrogen-bond donors (Lipinski definition) is 3. The first-order valence-corrected chi connectivity index (χ1v) is 8.38. The van der Waals surface area contributed by atoms with E-state index in [9.17, 15) is 4.79 Å². The van der Waals surface area contributed by atoms with Gasteiger partial charge < -0.3 is 16.0 Å². The lowest BCUT2D eigenvalue weighted by atomic mass is 9.97. The molecule has 0 spiro atoms. The van der Waals surface area contributed by atoms with Crippen molar-refractivity contribution >= 4 is 36.7 Å². The number of hydrogen-bond acceptors (Lipinski definition) is 5. The number of aromatic nitrogens is 3. The average Bonchev–Trinajstić information content (AvgIpc) is 3.24. The molecule has 1 amide bonds. The molecule has 1 saturated heterocycles. The number of carbonyl (C=O) groups excluding carboxylic acids is 1. The van der Waals surface area contributed by atoms with Crippen LogP contribution < -0.4 is 16.0 Å². The van der Waals surface area contributed by atoms with Crippen molar-refractivity contribution in [2.45, 2.75) is 12.8 Å². The zero-order valence-corrected chi connectivity index (χ0v) is 16.4. The lowest BCUT2D eigenvalue weighted by Crippen LogP contribution is -2.29. The second kappa shape index (κ2) is 11.0. The number of halogens is 2. The molecule has 1 aliphatic heterocycles. The maximum atomic E-state index is 12.3. The van der Waals surface area contributed by atoms with Crippen LogP contribution in [-0.2, 0) is 13.5 Å². The molecule has 1 fully saturated rings. The van der Waals surface area contributed by atoms with Gasteiger partial charge >= 0.3 is 0 Å². The zero-order valence-electron chi connectivity index (χ0n) is 14.8. The summed E-state index contributed by atoms with van der Waals surface area (Å²) in [6, 6.07) is 7.93. The molecule has 0 bridgehead atoms. The summed E-state index contributed by atoms with van der Waals surface area (Å²) in [5.74, 6) is 1.33. The minimum Gasteiger partial charge on any atom is -0.353 e. The van der Waals surface area contributed by atoms with Gasteiger partial charge in [-0.25, -0.2) is 4.68 Å². The molecule has 1 atom stereocenters. The van der Waals surface area contributed by atoms with Crippen LogP contribution in [0.4, 0.5) is 5.95 Å². The van der Waals surface area contributed by atoms with Crippen LogP contribution in [0.1, 0.15) is 22.3 Å².